The van der Waals surface area contributed by atoms with Gasteiger partial charge in [-0.05, 0) is 30.2 Å². The summed E-state index contributed by atoms with van der Waals surface area (Å²) in [5.74, 6) is -0.149. The van der Waals surface area contributed by atoms with Crippen molar-refractivity contribution in [1.29, 1.82) is 0 Å². The number of phenolic OH excluding ortho intramolecular Hbond substituents is 1. The molecule has 0 spiro atoms. The minimum absolute atomic E-state index is 0.158. The first kappa shape index (κ1) is 8.53. The van der Waals surface area contributed by atoms with Crippen molar-refractivity contribution >= 4 is 15.9 Å². The minimum Gasteiger partial charge on any atom is -0.508 e. The molecule has 1 N–H and O–H groups in total. The lowest BCUT2D eigenvalue weighted by molar-refractivity contribution is 0.466. The monoisotopic (exact) mass is 218 g/mol. The largest absolute Gasteiger partial charge is 0.508 e. The number of halogens is 2. The molecule has 11 heavy (non-hydrogen) atoms. The molecule has 0 amide bonds. The number of hydrogen-bond donors (Lipinski definition) is 1. The highest BCUT2D eigenvalue weighted by molar-refractivity contribution is 9.09. The molecule has 0 aliphatic carbocycles. The molecule has 0 fully saturated rings. The standard InChI is InChI=1S/C8H8BrFO/c9-4-3-6-5-7(10)1-2-8(6)11/h1-2,5,11H,3-4H2. The van der Waals surface area contributed by atoms with Crippen LogP contribution in [0.4, 0.5) is 4.39 Å². The van der Waals surface area contributed by atoms with Crippen molar-refractivity contribution in [3.05, 3.63) is 29.6 Å². The van der Waals surface area contributed by atoms with E-state index < -0.39 is 0 Å². The lowest BCUT2D eigenvalue weighted by atomic mass is 10.1. The number of aryl methyl sites for hydroxylation is 1. The predicted octanol–water partition coefficient (Wildman–Crippen LogP) is 2.47. The first-order valence-electron chi connectivity index (χ1n) is 3.27. The summed E-state index contributed by atoms with van der Waals surface area (Å²) in [5, 5.41) is 9.90. The summed E-state index contributed by atoms with van der Waals surface area (Å²) in [6, 6.07) is 3.96. The SMILES string of the molecule is Oc1ccc(F)cc1CCBr. The van der Waals surface area contributed by atoms with Gasteiger partial charge >= 0.3 is 0 Å². The Labute approximate surface area is 73.0 Å². The van der Waals surface area contributed by atoms with Crippen LogP contribution in [-0.4, -0.2) is 10.4 Å². The molecule has 60 valence electrons. The Kier molecular flexibility index (Phi) is 2.88. The van der Waals surface area contributed by atoms with E-state index in [4.69, 9.17) is 0 Å². The molecule has 1 rings (SSSR count). The Morgan fingerprint density at radius 3 is 2.82 bits per heavy atom. The van der Waals surface area contributed by atoms with Crippen molar-refractivity contribution in [2.24, 2.45) is 0 Å². The zero-order valence-electron chi connectivity index (χ0n) is 5.85. The van der Waals surface area contributed by atoms with Crippen molar-refractivity contribution in [1.82, 2.24) is 0 Å². The van der Waals surface area contributed by atoms with E-state index in [0.29, 0.717) is 12.0 Å². The van der Waals surface area contributed by atoms with Gasteiger partial charge in [0.2, 0.25) is 0 Å². The highest BCUT2D eigenvalue weighted by Crippen LogP contribution is 2.18. The number of alkyl halides is 1. The fourth-order valence-corrected chi connectivity index (χ4v) is 1.28. The first-order valence-corrected chi connectivity index (χ1v) is 4.39. The van der Waals surface area contributed by atoms with E-state index >= 15 is 0 Å². The Bertz CT molecular complexity index is 250. The van der Waals surface area contributed by atoms with Gasteiger partial charge in [-0.1, -0.05) is 15.9 Å². The molecule has 0 heterocycles. The zero-order valence-corrected chi connectivity index (χ0v) is 7.44. The maximum Gasteiger partial charge on any atom is 0.123 e. The molecule has 0 aliphatic heterocycles. The summed E-state index contributed by atoms with van der Waals surface area (Å²) >= 11 is 3.21. The Morgan fingerprint density at radius 2 is 2.18 bits per heavy atom. The maximum absolute atomic E-state index is 12.5. The lowest BCUT2D eigenvalue weighted by Crippen LogP contribution is -1.87. The van der Waals surface area contributed by atoms with Crippen molar-refractivity contribution < 1.29 is 9.50 Å². The molecule has 0 saturated heterocycles. The van der Waals surface area contributed by atoms with Crippen LogP contribution >= 0.6 is 15.9 Å². The molecule has 0 saturated carbocycles. The van der Waals surface area contributed by atoms with Gasteiger partial charge in [-0.2, -0.15) is 0 Å². The molecule has 0 unspecified atom stereocenters. The third-order valence-electron chi connectivity index (χ3n) is 1.41. The lowest BCUT2D eigenvalue weighted by Gasteiger charge is -2.00. The van der Waals surface area contributed by atoms with Crippen molar-refractivity contribution in [3.8, 4) is 5.75 Å². The van der Waals surface area contributed by atoms with Gasteiger partial charge in [0.1, 0.15) is 11.6 Å². The third kappa shape index (κ3) is 2.19. The fraction of sp³-hybridized carbons (Fsp3) is 0.250. The van der Waals surface area contributed by atoms with Crippen LogP contribution in [-0.2, 0) is 6.42 Å². The Hall–Kier alpha value is -0.570. The van der Waals surface area contributed by atoms with Gasteiger partial charge in [0, 0.05) is 5.33 Å². The average Bonchev–Trinajstić information content (AvgIpc) is 1.98. The number of aromatic hydroxyl groups is 1. The normalized spacial score (nSPS) is 10.0. The molecule has 0 radical (unpaired) electrons. The highest BCUT2D eigenvalue weighted by Gasteiger charge is 2.00. The second kappa shape index (κ2) is 3.72. The van der Waals surface area contributed by atoms with E-state index in [9.17, 15) is 9.50 Å². The van der Waals surface area contributed by atoms with Gasteiger partial charge < -0.3 is 5.11 Å². The molecule has 0 bridgehead atoms. The Balaban J connectivity index is 2.93. The highest BCUT2D eigenvalue weighted by atomic mass is 79.9. The van der Waals surface area contributed by atoms with Crippen molar-refractivity contribution in [2.45, 2.75) is 6.42 Å². The summed E-state index contributed by atoms with van der Waals surface area (Å²) in [5.41, 5.74) is 0.641. The van der Waals surface area contributed by atoms with Crippen LogP contribution < -0.4 is 0 Å². The second-order valence-corrected chi connectivity index (χ2v) is 3.01. The summed E-state index contributed by atoms with van der Waals surface area (Å²) in [7, 11) is 0. The van der Waals surface area contributed by atoms with Crippen LogP contribution in [0, 0.1) is 5.82 Å². The third-order valence-corrected chi connectivity index (χ3v) is 1.80. The second-order valence-electron chi connectivity index (χ2n) is 2.21. The first-order chi connectivity index (χ1) is 5.24. The van der Waals surface area contributed by atoms with Gasteiger partial charge in [-0.15, -0.1) is 0 Å². The van der Waals surface area contributed by atoms with Crippen LogP contribution in [0.3, 0.4) is 0 Å². The smallest absolute Gasteiger partial charge is 0.123 e. The van der Waals surface area contributed by atoms with Crippen molar-refractivity contribution in [3.63, 3.8) is 0 Å². The zero-order chi connectivity index (χ0) is 8.27. The molecular weight excluding hydrogens is 211 g/mol. The summed E-state index contributed by atoms with van der Waals surface area (Å²) < 4.78 is 12.5. The molecule has 1 aromatic rings. The topological polar surface area (TPSA) is 20.2 Å². The van der Waals surface area contributed by atoms with E-state index in [1.54, 1.807) is 0 Å². The van der Waals surface area contributed by atoms with Gasteiger partial charge in [-0.25, -0.2) is 4.39 Å². The summed E-state index contributed by atoms with van der Waals surface area (Å²) in [6.07, 6.45) is 0.642. The molecule has 0 aromatic heterocycles. The van der Waals surface area contributed by atoms with Gasteiger partial charge in [0.05, 0.1) is 0 Å². The number of phenols is 1. The molecule has 3 heteroatoms. The molecular formula is C8H8BrFO. The predicted molar refractivity (Wildman–Crippen MR) is 45.6 cm³/mol. The molecule has 1 aromatic carbocycles. The van der Waals surface area contributed by atoms with Crippen LogP contribution in [0.25, 0.3) is 0 Å². The maximum atomic E-state index is 12.5. The van der Waals surface area contributed by atoms with E-state index in [1.165, 1.54) is 18.2 Å². The molecule has 1 nitrogen and oxygen atoms in total. The molecule has 0 atom stereocenters. The number of rotatable bonds is 2. The molecule has 0 aliphatic rings. The summed E-state index contributed by atoms with van der Waals surface area (Å²) in [6.45, 7) is 0. The van der Waals surface area contributed by atoms with E-state index in [-0.39, 0.29) is 11.6 Å². The summed E-state index contributed by atoms with van der Waals surface area (Å²) in [4.78, 5) is 0. The van der Waals surface area contributed by atoms with Crippen molar-refractivity contribution in [2.75, 3.05) is 5.33 Å². The van der Waals surface area contributed by atoms with Crippen LogP contribution in [0.5, 0.6) is 5.75 Å². The minimum atomic E-state index is -0.307. The van der Waals surface area contributed by atoms with Crippen LogP contribution in [0.1, 0.15) is 5.56 Å². The average molecular weight is 219 g/mol. The quantitative estimate of drug-likeness (QED) is 0.757. The number of hydrogen-bond acceptors (Lipinski definition) is 1. The van der Waals surface area contributed by atoms with E-state index in [2.05, 4.69) is 15.9 Å². The fourth-order valence-electron chi connectivity index (χ4n) is 0.856. The van der Waals surface area contributed by atoms with Gasteiger partial charge in [-0.3, -0.25) is 0 Å². The van der Waals surface area contributed by atoms with Gasteiger partial charge in [0.25, 0.3) is 0 Å². The van der Waals surface area contributed by atoms with E-state index in [1.807, 2.05) is 0 Å². The van der Waals surface area contributed by atoms with Gasteiger partial charge in [0.15, 0.2) is 0 Å². The Morgan fingerprint density at radius 1 is 1.45 bits per heavy atom. The van der Waals surface area contributed by atoms with E-state index in [0.717, 1.165) is 5.33 Å². The number of benzene rings is 1. The van der Waals surface area contributed by atoms with Crippen LogP contribution in [0.15, 0.2) is 18.2 Å². The van der Waals surface area contributed by atoms with Crippen LogP contribution in [0.2, 0.25) is 0 Å².